The van der Waals surface area contributed by atoms with E-state index >= 15 is 0 Å². The lowest BCUT2D eigenvalue weighted by molar-refractivity contribution is 0.670. The second-order valence-corrected chi connectivity index (χ2v) is 16.8. The van der Waals surface area contributed by atoms with Gasteiger partial charge in [0, 0.05) is 33.4 Å². The molecule has 1 heterocycles. The third-order valence-corrected chi connectivity index (χ3v) is 12.9. The van der Waals surface area contributed by atoms with Crippen molar-refractivity contribution in [2.45, 2.75) is 0 Å². The van der Waals surface area contributed by atoms with Crippen LogP contribution in [0.15, 0.2) is 265 Å². The third-order valence-electron chi connectivity index (χ3n) is 12.9. The van der Waals surface area contributed by atoms with Crippen molar-refractivity contribution in [1.29, 1.82) is 0 Å². The first-order chi connectivity index (χ1) is 32.7. The van der Waals surface area contributed by atoms with Gasteiger partial charge in [0.15, 0.2) is 0 Å². The van der Waals surface area contributed by atoms with Crippen molar-refractivity contribution in [2.75, 3.05) is 4.90 Å². The lowest BCUT2D eigenvalue weighted by Crippen LogP contribution is -2.10. The Labute approximate surface area is 384 Å². The van der Waals surface area contributed by atoms with E-state index in [0.29, 0.717) is 0 Å². The number of hydrogen-bond donors (Lipinski definition) is 0. The molecule has 11 aromatic carbocycles. The lowest BCUT2D eigenvalue weighted by Gasteiger charge is -2.27. The molecular formula is C64H43NO. The second kappa shape index (κ2) is 16.8. The monoisotopic (exact) mass is 841 g/mol. The standard InChI is InChI=1S/C64H43NO/c1-3-17-44(18-4-1)54-26-9-10-28-60(54)63-56(46-19-5-2-6-20-46)30-15-31-57(63)47-35-39-50(40-36-47)65(52-24-13-23-49(43-52)55-29-14-22-45-21-7-8-25-53(45)55)51-41-37-48(38-42-51)58-32-16-33-61-59-27-11-12-34-62(59)66-64(58)61/h1-43H. The van der Waals surface area contributed by atoms with Crippen molar-refractivity contribution in [3.63, 3.8) is 0 Å². The SMILES string of the molecule is c1ccc(-c2ccccc2-c2c(-c3ccccc3)cccc2-c2ccc(N(c3ccc(-c4cccc5c4oc4ccccc45)cc3)c3cccc(-c4cccc5ccccc45)c3)cc2)cc1. The molecule has 2 nitrogen and oxygen atoms in total. The number of furan rings is 1. The number of nitrogens with zero attached hydrogens (tertiary/aromatic N) is 1. The number of para-hydroxylation sites is 2. The van der Waals surface area contributed by atoms with Crippen LogP contribution in [-0.4, -0.2) is 0 Å². The summed E-state index contributed by atoms with van der Waals surface area (Å²) in [7, 11) is 0. The summed E-state index contributed by atoms with van der Waals surface area (Å²) < 4.78 is 6.48. The molecule has 0 N–H and O–H groups in total. The number of fused-ring (bicyclic) bond motifs is 4. The van der Waals surface area contributed by atoms with Crippen molar-refractivity contribution >= 4 is 49.8 Å². The molecule has 0 aliphatic carbocycles. The van der Waals surface area contributed by atoms with Crippen LogP contribution in [0.3, 0.4) is 0 Å². The Balaban J connectivity index is 0.997. The van der Waals surface area contributed by atoms with E-state index in [4.69, 9.17) is 4.42 Å². The molecule has 0 amide bonds. The molecule has 0 aliphatic heterocycles. The van der Waals surface area contributed by atoms with Gasteiger partial charge in [-0.05, 0) is 114 Å². The highest BCUT2D eigenvalue weighted by atomic mass is 16.3. The Morgan fingerprint density at radius 2 is 0.712 bits per heavy atom. The van der Waals surface area contributed by atoms with Gasteiger partial charge in [0.25, 0.3) is 0 Å². The van der Waals surface area contributed by atoms with Gasteiger partial charge < -0.3 is 9.32 Å². The summed E-state index contributed by atoms with van der Waals surface area (Å²) in [4.78, 5) is 2.37. The predicted octanol–water partition coefficient (Wildman–Crippen LogP) is 18.2. The van der Waals surface area contributed by atoms with Gasteiger partial charge in [0.2, 0.25) is 0 Å². The third kappa shape index (κ3) is 7.02. The number of hydrogen-bond acceptors (Lipinski definition) is 2. The van der Waals surface area contributed by atoms with Crippen molar-refractivity contribution in [1.82, 2.24) is 0 Å². The molecule has 0 aliphatic rings. The maximum absolute atomic E-state index is 6.48. The molecule has 0 saturated heterocycles. The Kier molecular flexibility index (Phi) is 9.89. The van der Waals surface area contributed by atoms with Crippen LogP contribution in [-0.2, 0) is 0 Å². The number of rotatable bonds is 9. The molecule has 0 radical (unpaired) electrons. The van der Waals surface area contributed by atoms with Gasteiger partial charge in [0.1, 0.15) is 11.2 Å². The molecule has 0 fully saturated rings. The molecule has 0 unspecified atom stereocenters. The van der Waals surface area contributed by atoms with E-state index in [-0.39, 0.29) is 0 Å². The number of anilines is 3. The van der Waals surface area contributed by atoms with Crippen LogP contribution in [0.2, 0.25) is 0 Å². The molecular weight excluding hydrogens is 799 g/mol. The molecule has 12 rings (SSSR count). The molecule has 0 saturated carbocycles. The summed E-state index contributed by atoms with van der Waals surface area (Å²) in [6.07, 6.45) is 0. The van der Waals surface area contributed by atoms with Crippen LogP contribution < -0.4 is 4.90 Å². The minimum atomic E-state index is 0.900. The zero-order valence-corrected chi connectivity index (χ0v) is 36.2. The summed E-state index contributed by atoms with van der Waals surface area (Å²) in [5.41, 5.74) is 19.1. The maximum Gasteiger partial charge on any atom is 0.143 e. The summed E-state index contributed by atoms with van der Waals surface area (Å²) in [6, 6.07) is 93.9. The van der Waals surface area contributed by atoms with Crippen LogP contribution >= 0.6 is 0 Å². The van der Waals surface area contributed by atoms with Gasteiger partial charge >= 0.3 is 0 Å². The largest absolute Gasteiger partial charge is 0.455 e. The molecule has 0 spiro atoms. The predicted molar refractivity (Wildman–Crippen MR) is 279 cm³/mol. The van der Waals surface area contributed by atoms with E-state index in [1.54, 1.807) is 0 Å². The molecule has 0 atom stereocenters. The molecule has 310 valence electrons. The molecule has 1 aromatic heterocycles. The summed E-state index contributed by atoms with van der Waals surface area (Å²) >= 11 is 0. The van der Waals surface area contributed by atoms with E-state index in [2.05, 4.69) is 254 Å². The quantitative estimate of drug-likeness (QED) is 0.144. The van der Waals surface area contributed by atoms with Gasteiger partial charge in [0.05, 0.1) is 0 Å². The van der Waals surface area contributed by atoms with Gasteiger partial charge in [-0.1, -0.05) is 218 Å². The normalized spacial score (nSPS) is 11.3. The average Bonchev–Trinajstić information content (AvgIpc) is 3.79. The Morgan fingerprint density at radius 3 is 1.44 bits per heavy atom. The van der Waals surface area contributed by atoms with Crippen LogP contribution in [0.5, 0.6) is 0 Å². The lowest BCUT2D eigenvalue weighted by atomic mass is 9.84. The minimum absolute atomic E-state index is 0.900. The molecule has 66 heavy (non-hydrogen) atoms. The van der Waals surface area contributed by atoms with E-state index in [1.165, 1.54) is 60.8 Å². The molecule has 0 bridgehead atoms. The van der Waals surface area contributed by atoms with Crippen molar-refractivity contribution in [2.24, 2.45) is 0 Å². The zero-order chi connectivity index (χ0) is 43.8. The van der Waals surface area contributed by atoms with E-state index < -0.39 is 0 Å². The smallest absolute Gasteiger partial charge is 0.143 e. The summed E-state index contributed by atoms with van der Waals surface area (Å²) in [5.74, 6) is 0. The summed E-state index contributed by atoms with van der Waals surface area (Å²) in [5, 5.41) is 4.72. The fourth-order valence-corrected chi connectivity index (χ4v) is 9.80. The fraction of sp³-hybridized carbons (Fsp3) is 0. The van der Waals surface area contributed by atoms with Crippen LogP contribution in [0.1, 0.15) is 0 Å². The van der Waals surface area contributed by atoms with E-state index in [9.17, 15) is 0 Å². The highest BCUT2D eigenvalue weighted by molar-refractivity contribution is 6.09. The topological polar surface area (TPSA) is 16.4 Å². The number of benzene rings is 11. The van der Waals surface area contributed by atoms with Crippen LogP contribution in [0.25, 0.3) is 99.5 Å². The van der Waals surface area contributed by atoms with E-state index in [1.807, 2.05) is 12.1 Å². The van der Waals surface area contributed by atoms with Gasteiger partial charge in [-0.3, -0.25) is 0 Å². The summed E-state index contributed by atoms with van der Waals surface area (Å²) in [6.45, 7) is 0. The van der Waals surface area contributed by atoms with Crippen LogP contribution in [0.4, 0.5) is 17.1 Å². The fourth-order valence-electron chi connectivity index (χ4n) is 9.80. The van der Waals surface area contributed by atoms with Crippen molar-refractivity contribution in [3.8, 4) is 66.8 Å². The van der Waals surface area contributed by atoms with Gasteiger partial charge in [-0.2, -0.15) is 0 Å². The maximum atomic E-state index is 6.48. The first kappa shape index (κ1) is 38.9. The molecule has 12 aromatic rings. The zero-order valence-electron chi connectivity index (χ0n) is 36.2. The average molecular weight is 842 g/mol. The van der Waals surface area contributed by atoms with Gasteiger partial charge in [-0.25, -0.2) is 0 Å². The first-order valence-corrected chi connectivity index (χ1v) is 22.6. The Morgan fingerprint density at radius 1 is 0.258 bits per heavy atom. The minimum Gasteiger partial charge on any atom is -0.455 e. The highest BCUT2D eigenvalue weighted by Crippen LogP contribution is 2.46. The first-order valence-electron chi connectivity index (χ1n) is 22.6. The van der Waals surface area contributed by atoms with Crippen molar-refractivity contribution in [3.05, 3.63) is 261 Å². The highest BCUT2D eigenvalue weighted by Gasteiger charge is 2.20. The Bertz CT molecular complexity index is 3680. The van der Waals surface area contributed by atoms with E-state index in [0.717, 1.165) is 55.7 Å². The molecule has 2 heteroatoms. The van der Waals surface area contributed by atoms with Crippen molar-refractivity contribution < 1.29 is 4.42 Å². The second-order valence-electron chi connectivity index (χ2n) is 16.8. The van der Waals surface area contributed by atoms with Crippen LogP contribution in [0, 0.1) is 0 Å². The Hall–Kier alpha value is -8.72. The van der Waals surface area contributed by atoms with Gasteiger partial charge in [-0.15, -0.1) is 0 Å².